The monoisotopic (exact) mass is 343 g/mol. The number of halogens is 1. The number of benzene rings is 1. The van der Waals surface area contributed by atoms with Crippen LogP contribution in [0.25, 0.3) is 0 Å². The Kier molecular flexibility index (Phi) is 4.62. The third-order valence-electron chi connectivity index (χ3n) is 3.47. The van der Waals surface area contributed by atoms with Crippen molar-refractivity contribution in [1.29, 1.82) is 5.26 Å². The fourth-order valence-electron chi connectivity index (χ4n) is 2.04. The number of hydrogen-bond donors (Lipinski definition) is 2. The van der Waals surface area contributed by atoms with Crippen molar-refractivity contribution in [3.63, 3.8) is 0 Å². The van der Waals surface area contributed by atoms with Gasteiger partial charge in [-0.25, -0.2) is 14.4 Å². The maximum absolute atomic E-state index is 13.2. The number of nitriles is 1. The largest absolute Gasteiger partial charge is 0.382 e. The van der Waals surface area contributed by atoms with E-state index in [1.165, 1.54) is 18.3 Å². The molecule has 1 amide bonds. The molecule has 122 valence electrons. The van der Waals surface area contributed by atoms with Gasteiger partial charge in [-0.1, -0.05) is 23.9 Å². The highest BCUT2D eigenvalue weighted by Gasteiger charge is 2.29. The van der Waals surface area contributed by atoms with E-state index in [1.54, 1.807) is 12.1 Å². The molecule has 0 saturated heterocycles. The van der Waals surface area contributed by atoms with Gasteiger partial charge in [0, 0.05) is 6.04 Å². The van der Waals surface area contributed by atoms with Crippen molar-refractivity contribution in [2.45, 2.75) is 29.3 Å². The molecule has 1 unspecified atom stereocenters. The minimum Gasteiger partial charge on any atom is -0.382 e. The number of anilines is 1. The van der Waals surface area contributed by atoms with Crippen molar-refractivity contribution in [1.82, 2.24) is 15.3 Å². The third-order valence-corrected chi connectivity index (χ3v) is 4.60. The molecule has 1 aromatic carbocycles. The van der Waals surface area contributed by atoms with Crippen LogP contribution in [0.3, 0.4) is 0 Å². The number of amides is 1. The molecule has 24 heavy (non-hydrogen) atoms. The summed E-state index contributed by atoms with van der Waals surface area (Å²) in [6.07, 6.45) is 3.25. The van der Waals surface area contributed by atoms with Gasteiger partial charge in [0.1, 0.15) is 28.5 Å². The highest BCUT2D eigenvalue weighted by Crippen LogP contribution is 2.35. The van der Waals surface area contributed by atoms with Gasteiger partial charge >= 0.3 is 0 Å². The van der Waals surface area contributed by atoms with Gasteiger partial charge in [0.2, 0.25) is 5.91 Å². The molecule has 6 nitrogen and oxygen atoms in total. The van der Waals surface area contributed by atoms with Crippen molar-refractivity contribution >= 4 is 23.5 Å². The van der Waals surface area contributed by atoms with Gasteiger partial charge in [0.05, 0.1) is 6.20 Å². The first-order valence-corrected chi connectivity index (χ1v) is 8.20. The summed E-state index contributed by atoms with van der Waals surface area (Å²) in [5.41, 5.74) is 6.52. The minimum absolute atomic E-state index is 0.0652. The molecule has 1 heterocycles. The average Bonchev–Trinajstić information content (AvgIpc) is 3.37. The molecule has 1 saturated carbocycles. The molecule has 0 bridgehead atoms. The lowest BCUT2D eigenvalue weighted by Gasteiger charge is -2.16. The number of hydrogen-bond acceptors (Lipinski definition) is 6. The molecule has 3 N–H and O–H groups in total. The molecular weight excluding hydrogens is 329 g/mol. The highest BCUT2D eigenvalue weighted by atomic mass is 32.2. The number of nitrogens with zero attached hydrogens (tertiary/aromatic N) is 3. The lowest BCUT2D eigenvalue weighted by Crippen LogP contribution is -2.29. The molecule has 0 aliphatic heterocycles. The van der Waals surface area contributed by atoms with Crippen LogP contribution in [0.15, 0.2) is 35.6 Å². The van der Waals surface area contributed by atoms with Crippen molar-refractivity contribution < 1.29 is 9.18 Å². The van der Waals surface area contributed by atoms with Gasteiger partial charge in [-0.15, -0.1) is 0 Å². The van der Waals surface area contributed by atoms with E-state index in [1.807, 2.05) is 6.07 Å². The molecule has 1 aromatic heterocycles. The maximum Gasteiger partial charge on any atom is 0.238 e. The number of aromatic nitrogens is 2. The van der Waals surface area contributed by atoms with Crippen molar-refractivity contribution in [3.8, 4) is 6.07 Å². The summed E-state index contributed by atoms with van der Waals surface area (Å²) in [4.78, 5) is 20.6. The number of rotatable bonds is 5. The van der Waals surface area contributed by atoms with Crippen LogP contribution >= 0.6 is 11.8 Å². The molecule has 1 aliphatic rings. The van der Waals surface area contributed by atoms with E-state index in [-0.39, 0.29) is 34.3 Å². The van der Waals surface area contributed by atoms with Crippen LogP contribution in [0.1, 0.15) is 29.2 Å². The molecule has 3 rings (SSSR count). The normalized spacial score (nSPS) is 14.7. The summed E-state index contributed by atoms with van der Waals surface area (Å²) in [7, 11) is 0. The molecule has 2 aromatic rings. The Bertz CT molecular complexity index is 801. The van der Waals surface area contributed by atoms with Crippen molar-refractivity contribution in [2.24, 2.45) is 0 Å². The Balaban J connectivity index is 1.86. The van der Waals surface area contributed by atoms with E-state index in [0.29, 0.717) is 5.56 Å². The quantitative estimate of drug-likeness (QED) is 0.637. The summed E-state index contributed by atoms with van der Waals surface area (Å²) in [5.74, 6) is -0.486. The van der Waals surface area contributed by atoms with Gasteiger partial charge in [0.15, 0.2) is 5.16 Å². The van der Waals surface area contributed by atoms with E-state index in [0.717, 1.165) is 24.6 Å². The van der Waals surface area contributed by atoms with Crippen LogP contribution in [0.5, 0.6) is 0 Å². The average molecular weight is 343 g/mol. The molecule has 1 fully saturated rings. The fraction of sp³-hybridized carbons (Fsp3) is 0.250. The van der Waals surface area contributed by atoms with Crippen LogP contribution < -0.4 is 11.1 Å². The second kappa shape index (κ2) is 6.84. The van der Waals surface area contributed by atoms with Gasteiger partial charge in [-0.05, 0) is 30.5 Å². The van der Waals surface area contributed by atoms with Crippen molar-refractivity contribution in [2.75, 3.05) is 5.73 Å². The number of nitrogen functional groups attached to an aromatic ring is 1. The van der Waals surface area contributed by atoms with E-state index in [2.05, 4.69) is 15.3 Å². The van der Waals surface area contributed by atoms with Crippen LogP contribution in [0.2, 0.25) is 0 Å². The summed E-state index contributed by atoms with van der Waals surface area (Å²) in [6.45, 7) is 0. The summed E-state index contributed by atoms with van der Waals surface area (Å²) in [6, 6.07) is 7.83. The molecular formula is C16H14FN5OS. The second-order valence-corrected chi connectivity index (χ2v) is 6.47. The smallest absolute Gasteiger partial charge is 0.238 e. The summed E-state index contributed by atoms with van der Waals surface area (Å²) in [5, 5.41) is 11.5. The number of thioether (sulfide) groups is 1. The Morgan fingerprint density at radius 3 is 2.71 bits per heavy atom. The molecule has 1 aliphatic carbocycles. The maximum atomic E-state index is 13.2. The zero-order chi connectivity index (χ0) is 17.1. The van der Waals surface area contributed by atoms with E-state index in [9.17, 15) is 9.18 Å². The van der Waals surface area contributed by atoms with Crippen LogP contribution in [-0.4, -0.2) is 21.9 Å². The third kappa shape index (κ3) is 3.81. The highest BCUT2D eigenvalue weighted by molar-refractivity contribution is 8.00. The zero-order valence-corrected chi connectivity index (χ0v) is 13.4. The van der Waals surface area contributed by atoms with E-state index < -0.39 is 5.25 Å². The Hall–Kier alpha value is -2.66. The van der Waals surface area contributed by atoms with E-state index >= 15 is 0 Å². The number of nitrogens with two attached hydrogens (primary N) is 1. The molecule has 0 spiro atoms. The predicted molar refractivity (Wildman–Crippen MR) is 87.3 cm³/mol. The first-order chi connectivity index (χ1) is 11.6. The Labute approximate surface area is 142 Å². The standard InChI is InChI=1S/C16H14FN5OS/c17-11-3-1-9(2-4-11)13(15(23)21-12-5-6-12)24-16-20-8-10(7-18)14(19)22-16/h1-4,8,12-13H,5-6H2,(H,21,23)(H2,19,20,22). The zero-order valence-electron chi connectivity index (χ0n) is 12.6. The van der Waals surface area contributed by atoms with Gasteiger partial charge < -0.3 is 11.1 Å². The minimum atomic E-state index is -0.626. The number of carbonyl (C=O) groups excluding carboxylic acids is 1. The molecule has 8 heteroatoms. The molecule has 0 radical (unpaired) electrons. The lowest BCUT2D eigenvalue weighted by molar-refractivity contribution is -0.120. The first kappa shape index (κ1) is 16.2. The summed E-state index contributed by atoms with van der Waals surface area (Å²) >= 11 is 1.11. The lowest BCUT2D eigenvalue weighted by atomic mass is 10.1. The second-order valence-electron chi connectivity index (χ2n) is 5.40. The van der Waals surface area contributed by atoms with Crippen LogP contribution in [0.4, 0.5) is 10.2 Å². The Morgan fingerprint density at radius 1 is 1.42 bits per heavy atom. The first-order valence-electron chi connectivity index (χ1n) is 7.32. The number of nitrogens with one attached hydrogen (secondary N) is 1. The van der Waals surface area contributed by atoms with Gasteiger partial charge in [-0.3, -0.25) is 4.79 Å². The van der Waals surface area contributed by atoms with Crippen LogP contribution in [0, 0.1) is 17.1 Å². The Morgan fingerprint density at radius 2 is 2.12 bits per heavy atom. The SMILES string of the molecule is N#Cc1cnc(SC(C(=O)NC2CC2)c2ccc(F)cc2)nc1N. The van der Waals surface area contributed by atoms with Gasteiger partial charge in [-0.2, -0.15) is 5.26 Å². The predicted octanol–water partition coefficient (Wildman–Crippen LogP) is 2.18. The fourth-order valence-corrected chi connectivity index (χ4v) is 2.99. The van der Waals surface area contributed by atoms with E-state index in [4.69, 9.17) is 11.0 Å². The number of carbonyl (C=O) groups is 1. The van der Waals surface area contributed by atoms with Crippen LogP contribution in [-0.2, 0) is 4.79 Å². The van der Waals surface area contributed by atoms with Crippen molar-refractivity contribution in [3.05, 3.63) is 47.4 Å². The summed E-state index contributed by atoms with van der Waals surface area (Å²) < 4.78 is 13.2. The molecule has 1 atom stereocenters. The topological polar surface area (TPSA) is 105 Å². The van der Waals surface area contributed by atoms with Gasteiger partial charge in [0.25, 0.3) is 0 Å².